The van der Waals surface area contributed by atoms with Crippen LogP contribution in [-0.4, -0.2) is 21.6 Å². The molecule has 0 N–H and O–H groups in total. The maximum absolute atomic E-state index is 5.19. The molecule has 0 amide bonds. The van der Waals surface area contributed by atoms with Gasteiger partial charge in [-0.2, -0.15) is 16.7 Å². The highest BCUT2D eigenvalue weighted by Crippen LogP contribution is 2.36. The third-order valence-corrected chi connectivity index (χ3v) is 3.82. The first-order chi connectivity index (χ1) is 6.21. The topological polar surface area (TPSA) is 38.9 Å². The molecule has 1 aliphatic rings. The number of halogens is 1. The Bertz CT molecular complexity index is 296. The number of rotatable bonds is 1. The largest absolute Gasteiger partial charge is 0.338 e. The molecule has 13 heavy (non-hydrogen) atoms. The monoisotopic (exact) mass is 262 g/mol. The minimum atomic E-state index is 0.101. The van der Waals surface area contributed by atoms with Crippen LogP contribution < -0.4 is 0 Å². The molecule has 1 aromatic heterocycles. The van der Waals surface area contributed by atoms with Gasteiger partial charge in [0.05, 0.1) is 0 Å². The molecule has 0 atom stereocenters. The van der Waals surface area contributed by atoms with Gasteiger partial charge in [-0.1, -0.05) is 6.92 Å². The quantitative estimate of drug-likeness (QED) is 0.780. The average Bonchev–Trinajstić information content (AvgIpc) is 2.54. The molecule has 1 aromatic rings. The summed E-state index contributed by atoms with van der Waals surface area (Å²) in [6.07, 6.45) is 2.26. The SMILES string of the molecule is CC1(c2nc(Br)no2)CCSCC1. The van der Waals surface area contributed by atoms with Crippen molar-refractivity contribution < 1.29 is 4.52 Å². The fourth-order valence-electron chi connectivity index (χ4n) is 1.49. The zero-order valence-corrected chi connectivity index (χ0v) is 9.82. The molecule has 0 aliphatic carbocycles. The van der Waals surface area contributed by atoms with Crippen LogP contribution in [-0.2, 0) is 5.41 Å². The van der Waals surface area contributed by atoms with Crippen molar-refractivity contribution in [1.82, 2.24) is 10.1 Å². The molecule has 1 aliphatic heterocycles. The van der Waals surface area contributed by atoms with E-state index in [1.807, 2.05) is 11.8 Å². The highest BCUT2D eigenvalue weighted by molar-refractivity contribution is 9.10. The van der Waals surface area contributed by atoms with Crippen LogP contribution in [0.25, 0.3) is 0 Å². The highest BCUT2D eigenvalue weighted by Gasteiger charge is 2.34. The van der Waals surface area contributed by atoms with Crippen molar-refractivity contribution in [1.29, 1.82) is 0 Å². The molecule has 2 heterocycles. The average molecular weight is 263 g/mol. The molecular formula is C8H11BrN2OS. The van der Waals surface area contributed by atoms with E-state index < -0.39 is 0 Å². The molecular weight excluding hydrogens is 252 g/mol. The summed E-state index contributed by atoms with van der Waals surface area (Å²) in [7, 11) is 0. The second kappa shape index (κ2) is 3.61. The van der Waals surface area contributed by atoms with Gasteiger partial charge < -0.3 is 4.52 Å². The highest BCUT2D eigenvalue weighted by atomic mass is 79.9. The molecule has 5 heteroatoms. The normalized spacial score (nSPS) is 21.7. The molecule has 3 nitrogen and oxygen atoms in total. The van der Waals surface area contributed by atoms with Gasteiger partial charge in [-0.3, -0.25) is 0 Å². The van der Waals surface area contributed by atoms with Crippen molar-refractivity contribution in [2.45, 2.75) is 25.2 Å². The third-order valence-electron chi connectivity index (χ3n) is 2.51. The Morgan fingerprint density at radius 2 is 2.15 bits per heavy atom. The van der Waals surface area contributed by atoms with Gasteiger partial charge in [-0.25, -0.2) is 0 Å². The Kier molecular flexibility index (Phi) is 2.65. The van der Waals surface area contributed by atoms with Gasteiger partial charge >= 0.3 is 0 Å². The predicted octanol–water partition coefficient (Wildman–Crippen LogP) is 2.62. The lowest BCUT2D eigenvalue weighted by Gasteiger charge is -2.28. The van der Waals surface area contributed by atoms with Gasteiger partial charge in [0.2, 0.25) is 10.6 Å². The van der Waals surface area contributed by atoms with Crippen LogP contribution in [0, 0.1) is 0 Å². The van der Waals surface area contributed by atoms with E-state index in [-0.39, 0.29) is 5.41 Å². The fraction of sp³-hybridized carbons (Fsp3) is 0.750. The van der Waals surface area contributed by atoms with Crippen molar-refractivity contribution in [2.75, 3.05) is 11.5 Å². The van der Waals surface area contributed by atoms with E-state index >= 15 is 0 Å². The van der Waals surface area contributed by atoms with Crippen LogP contribution in [0.5, 0.6) is 0 Å². The van der Waals surface area contributed by atoms with Crippen LogP contribution in [0.3, 0.4) is 0 Å². The molecule has 0 aromatic carbocycles. The molecule has 1 fully saturated rings. The van der Waals surface area contributed by atoms with Crippen molar-refractivity contribution in [3.63, 3.8) is 0 Å². The summed E-state index contributed by atoms with van der Waals surface area (Å²) in [6, 6.07) is 0. The number of hydrogen-bond donors (Lipinski definition) is 0. The van der Waals surface area contributed by atoms with Gasteiger partial charge in [-0.15, -0.1) is 0 Å². The lowest BCUT2D eigenvalue weighted by Crippen LogP contribution is -2.27. The summed E-state index contributed by atoms with van der Waals surface area (Å²) < 4.78 is 5.75. The number of aromatic nitrogens is 2. The standard InChI is InChI=1S/C8H11BrN2OS/c1-8(2-4-13-5-3-8)6-10-7(9)11-12-6/h2-5H2,1H3. The molecule has 0 radical (unpaired) electrons. The second-order valence-electron chi connectivity index (χ2n) is 3.54. The van der Waals surface area contributed by atoms with Gasteiger partial charge in [0.1, 0.15) is 0 Å². The van der Waals surface area contributed by atoms with Gasteiger partial charge in [0.15, 0.2) is 0 Å². The van der Waals surface area contributed by atoms with E-state index in [1.165, 1.54) is 11.5 Å². The Morgan fingerprint density at radius 3 is 2.69 bits per heavy atom. The van der Waals surface area contributed by atoms with Crippen molar-refractivity contribution in [2.24, 2.45) is 0 Å². The Balaban J connectivity index is 2.22. The van der Waals surface area contributed by atoms with Gasteiger partial charge in [-0.05, 0) is 45.4 Å². The Hall–Kier alpha value is -0.0300. The van der Waals surface area contributed by atoms with E-state index in [0.717, 1.165) is 18.7 Å². The van der Waals surface area contributed by atoms with E-state index in [9.17, 15) is 0 Å². The van der Waals surface area contributed by atoms with E-state index in [1.54, 1.807) is 0 Å². The molecule has 0 saturated carbocycles. The van der Waals surface area contributed by atoms with Crippen molar-refractivity contribution in [3.8, 4) is 0 Å². The minimum Gasteiger partial charge on any atom is -0.338 e. The van der Waals surface area contributed by atoms with Crippen LogP contribution in [0.2, 0.25) is 0 Å². The fourth-order valence-corrected chi connectivity index (χ4v) is 3.11. The zero-order chi connectivity index (χ0) is 9.31. The van der Waals surface area contributed by atoms with E-state index in [2.05, 4.69) is 33.0 Å². The number of hydrogen-bond acceptors (Lipinski definition) is 4. The lowest BCUT2D eigenvalue weighted by molar-refractivity contribution is 0.278. The molecule has 0 unspecified atom stereocenters. The maximum Gasteiger partial charge on any atom is 0.238 e. The predicted molar refractivity (Wildman–Crippen MR) is 55.9 cm³/mol. The summed E-state index contributed by atoms with van der Waals surface area (Å²) >= 11 is 5.20. The third kappa shape index (κ3) is 1.91. The Labute approximate surface area is 89.8 Å². The van der Waals surface area contributed by atoms with Crippen LogP contribution in [0.15, 0.2) is 9.26 Å². The summed E-state index contributed by atoms with van der Waals surface area (Å²) in [5.41, 5.74) is 0.101. The second-order valence-corrected chi connectivity index (χ2v) is 5.48. The molecule has 72 valence electrons. The van der Waals surface area contributed by atoms with Crippen LogP contribution >= 0.6 is 27.7 Å². The van der Waals surface area contributed by atoms with Gasteiger partial charge in [0.25, 0.3) is 0 Å². The van der Waals surface area contributed by atoms with Crippen LogP contribution in [0.1, 0.15) is 25.7 Å². The molecule has 2 rings (SSSR count). The van der Waals surface area contributed by atoms with E-state index in [4.69, 9.17) is 4.52 Å². The summed E-state index contributed by atoms with van der Waals surface area (Å²) in [5.74, 6) is 3.16. The first-order valence-electron chi connectivity index (χ1n) is 4.28. The summed E-state index contributed by atoms with van der Waals surface area (Å²) in [6.45, 7) is 2.20. The first kappa shape index (κ1) is 9.52. The van der Waals surface area contributed by atoms with Crippen LogP contribution in [0.4, 0.5) is 0 Å². The molecule has 0 bridgehead atoms. The smallest absolute Gasteiger partial charge is 0.238 e. The number of nitrogens with zero attached hydrogens (tertiary/aromatic N) is 2. The Morgan fingerprint density at radius 1 is 1.46 bits per heavy atom. The zero-order valence-electron chi connectivity index (χ0n) is 7.42. The summed E-state index contributed by atoms with van der Waals surface area (Å²) in [5, 5.41) is 3.76. The van der Waals surface area contributed by atoms with Gasteiger partial charge in [0, 0.05) is 5.41 Å². The van der Waals surface area contributed by atoms with Crippen molar-refractivity contribution in [3.05, 3.63) is 10.6 Å². The number of thioether (sulfide) groups is 1. The molecule has 1 saturated heterocycles. The lowest BCUT2D eigenvalue weighted by atomic mass is 9.84. The van der Waals surface area contributed by atoms with Crippen molar-refractivity contribution >= 4 is 27.7 Å². The molecule has 0 spiro atoms. The minimum absolute atomic E-state index is 0.101. The first-order valence-corrected chi connectivity index (χ1v) is 6.23. The maximum atomic E-state index is 5.19. The van der Waals surface area contributed by atoms with E-state index in [0.29, 0.717) is 4.73 Å². The summed E-state index contributed by atoms with van der Waals surface area (Å²) in [4.78, 5) is 4.24.